The van der Waals surface area contributed by atoms with Gasteiger partial charge in [-0.3, -0.25) is 0 Å². The third-order valence-corrected chi connectivity index (χ3v) is 4.54. The fourth-order valence-electron chi connectivity index (χ4n) is 2.80. The molecule has 0 aromatic heterocycles. The number of carbonyl (C=O) groups excluding carboxylic acids is 1. The topological polar surface area (TPSA) is 111 Å². The van der Waals surface area contributed by atoms with Gasteiger partial charge in [0.2, 0.25) is 0 Å². The Kier molecular flexibility index (Phi) is 7.48. The highest BCUT2D eigenvalue weighted by Gasteiger charge is 2.36. The molecule has 0 radical (unpaired) electrons. The Balaban J connectivity index is 0.000000469. The molecule has 12 heteroatoms. The highest BCUT2D eigenvalue weighted by Crippen LogP contribution is 2.32. The molecular formula is C18H22F3N3O6. The summed E-state index contributed by atoms with van der Waals surface area (Å²) in [4.78, 5) is 36.1. The molecule has 1 aromatic carbocycles. The Morgan fingerprint density at radius 2 is 1.57 bits per heavy atom. The summed E-state index contributed by atoms with van der Waals surface area (Å²) in [5.74, 6) is -3.47. The number of urea groups is 1. The molecule has 3 rings (SSSR count). The van der Waals surface area contributed by atoms with E-state index >= 15 is 0 Å². The van der Waals surface area contributed by atoms with E-state index in [-0.39, 0.29) is 17.9 Å². The first-order chi connectivity index (χ1) is 14.0. The number of alkyl halides is 3. The maximum atomic E-state index is 12.7. The Morgan fingerprint density at radius 1 is 1.00 bits per heavy atom. The second-order valence-electron chi connectivity index (χ2n) is 6.85. The molecule has 0 aliphatic carbocycles. The summed E-state index contributed by atoms with van der Waals surface area (Å²) in [6.07, 6.45) is -4.65. The minimum Gasteiger partial charge on any atom is -0.487 e. The number of likely N-dealkylation sites (tertiary alicyclic amines) is 1. The van der Waals surface area contributed by atoms with E-state index in [4.69, 9.17) is 24.5 Å². The van der Waals surface area contributed by atoms with Crippen LogP contribution in [0, 0.1) is 0 Å². The average molecular weight is 433 g/mol. The van der Waals surface area contributed by atoms with Gasteiger partial charge in [-0.15, -0.1) is 0 Å². The second kappa shape index (κ2) is 9.65. The zero-order valence-electron chi connectivity index (χ0n) is 16.1. The molecule has 2 N–H and O–H groups in total. The molecule has 166 valence electrons. The molecule has 2 aliphatic rings. The lowest BCUT2D eigenvalue weighted by molar-refractivity contribution is -0.159. The summed E-state index contributed by atoms with van der Waals surface area (Å²) in [5, 5.41) is 14.8. The fraction of sp³-hybridized carbons (Fsp3) is 0.500. The molecular weight excluding hydrogens is 411 g/mol. The van der Waals surface area contributed by atoms with Crippen molar-refractivity contribution >= 4 is 18.0 Å². The zero-order valence-corrected chi connectivity index (χ0v) is 16.1. The standard InChI is InChI=1S/C16H20F3N3O2.C2H2O4/c1-20-5-7-21(8-6-20)15(23)22-10-14(11-22)24-13-4-2-3-12(9-13)16(17,18)19;3-1(4)2(5)6/h2-4,9,14H,5-8,10-11H2,1H3;(H,3,4)(H,5,6). The van der Waals surface area contributed by atoms with Crippen molar-refractivity contribution in [1.82, 2.24) is 14.7 Å². The van der Waals surface area contributed by atoms with Gasteiger partial charge in [-0.05, 0) is 25.2 Å². The number of hydrogen-bond acceptors (Lipinski definition) is 5. The average Bonchev–Trinajstić information content (AvgIpc) is 2.64. The molecule has 9 nitrogen and oxygen atoms in total. The van der Waals surface area contributed by atoms with Crippen LogP contribution in [0.3, 0.4) is 0 Å². The molecule has 30 heavy (non-hydrogen) atoms. The highest BCUT2D eigenvalue weighted by molar-refractivity contribution is 6.27. The molecule has 2 heterocycles. The summed E-state index contributed by atoms with van der Waals surface area (Å²) in [6.45, 7) is 3.91. The van der Waals surface area contributed by atoms with Gasteiger partial charge in [0.1, 0.15) is 11.9 Å². The summed E-state index contributed by atoms with van der Waals surface area (Å²) in [7, 11) is 2.02. The van der Waals surface area contributed by atoms with E-state index in [9.17, 15) is 18.0 Å². The zero-order chi connectivity index (χ0) is 22.5. The van der Waals surface area contributed by atoms with Crippen molar-refractivity contribution in [2.45, 2.75) is 12.3 Å². The molecule has 0 bridgehead atoms. The predicted molar refractivity (Wildman–Crippen MR) is 97.2 cm³/mol. The number of ether oxygens (including phenoxy) is 1. The van der Waals surface area contributed by atoms with Gasteiger partial charge in [0, 0.05) is 26.2 Å². The molecule has 1 aromatic rings. The predicted octanol–water partition coefficient (Wildman–Crippen LogP) is 1.29. The smallest absolute Gasteiger partial charge is 0.416 e. The molecule has 0 spiro atoms. The lowest BCUT2D eigenvalue weighted by atomic mass is 10.1. The minimum atomic E-state index is -4.39. The Hall–Kier alpha value is -3.02. The van der Waals surface area contributed by atoms with E-state index in [1.54, 1.807) is 9.80 Å². The number of amides is 2. The first-order valence-corrected chi connectivity index (χ1v) is 9.00. The van der Waals surface area contributed by atoms with Gasteiger partial charge in [0.05, 0.1) is 18.7 Å². The highest BCUT2D eigenvalue weighted by atomic mass is 19.4. The Bertz CT molecular complexity index is 763. The molecule has 2 saturated heterocycles. The number of rotatable bonds is 2. The number of piperazine rings is 1. The molecule has 2 aliphatic heterocycles. The maximum absolute atomic E-state index is 12.7. The number of carboxylic acids is 2. The summed E-state index contributed by atoms with van der Waals surface area (Å²) in [5.41, 5.74) is -0.732. The largest absolute Gasteiger partial charge is 0.487 e. The van der Waals surface area contributed by atoms with Crippen LogP contribution in [0.4, 0.5) is 18.0 Å². The number of nitrogens with zero attached hydrogens (tertiary/aromatic N) is 3. The summed E-state index contributed by atoms with van der Waals surface area (Å²) >= 11 is 0. The lowest BCUT2D eigenvalue weighted by Crippen LogP contribution is -2.61. The van der Waals surface area contributed by atoms with Crippen LogP contribution in [0.2, 0.25) is 0 Å². The number of likely N-dealkylation sites (N-methyl/N-ethyl adjacent to an activating group) is 1. The Labute approximate surface area is 170 Å². The third-order valence-electron chi connectivity index (χ3n) is 4.54. The van der Waals surface area contributed by atoms with Crippen molar-refractivity contribution in [2.24, 2.45) is 0 Å². The molecule has 0 atom stereocenters. The normalized spacial score (nSPS) is 17.5. The van der Waals surface area contributed by atoms with Crippen LogP contribution in [0.25, 0.3) is 0 Å². The second-order valence-corrected chi connectivity index (χ2v) is 6.85. The van der Waals surface area contributed by atoms with Crippen LogP contribution in [0.1, 0.15) is 5.56 Å². The van der Waals surface area contributed by atoms with Crippen molar-refractivity contribution in [3.8, 4) is 5.75 Å². The van der Waals surface area contributed by atoms with Crippen molar-refractivity contribution < 1.29 is 42.5 Å². The maximum Gasteiger partial charge on any atom is 0.416 e. The van der Waals surface area contributed by atoms with Crippen LogP contribution in [0.5, 0.6) is 5.75 Å². The van der Waals surface area contributed by atoms with Gasteiger partial charge in [-0.2, -0.15) is 13.2 Å². The van der Waals surface area contributed by atoms with Crippen molar-refractivity contribution in [2.75, 3.05) is 46.3 Å². The number of benzene rings is 1. The van der Waals surface area contributed by atoms with Gasteiger partial charge in [-0.25, -0.2) is 14.4 Å². The first-order valence-electron chi connectivity index (χ1n) is 9.00. The van der Waals surface area contributed by atoms with Gasteiger partial charge in [0.25, 0.3) is 0 Å². The molecule has 0 saturated carbocycles. The molecule has 0 unspecified atom stereocenters. The van der Waals surface area contributed by atoms with Crippen molar-refractivity contribution in [3.05, 3.63) is 29.8 Å². The summed E-state index contributed by atoms with van der Waals surface area (Å²) < 4.78 is 43.6. The van der Waals surface area contributed by atoms with Crippen LogP contribution in [0.15, 0.2) is 24.3 Å². The van der Waals surface area contributed by atoms with Crippen LogP contribution in [-0.4, -0.2) is 95.3 Å². The third kappa shape index (κ3) is 6.51. The van der Waals surface area contributed by atoms with E-state index in [1.165, 1.54) is 12.1 Å². The molecule has 2 fully saturated rings. The number of carbonyl (C=O) groups is 3. The van der Waals surface area contributed by atoms with E-state index in [1.807, 2.05) is 7.05 Å². The van der Waals surface area contributed by atoms with E-state index in [2.05, 4.69) is 4.90 Å². The number of hydrogen-bond donors (Lipinski definition) is 2. The quantitative estimate of drug-likeness (QED) is 0.677. The van der Waals surface area contributed by atoms with Crippen LogP contribution < -0.4 is 4.74 Å². The number of carboxylic acid groups (broad SMARTS) is 2. The van der Waals surface area contributed by atoms with E-state index in [0.717, 1.165) is 25.2 Å². The van der Waals surface area contributed by atoms with Crippen LogP contribution in [-0.2, 0) is 15.8 Å². The van der Waals surface area contributed by atoms with Gasteiger partial charge in [0.15, 0.2) is 0 Å². The van der Waals surface area contributed by atoms with Crippen molar-refractivity contribution in [1.29, 1.82) is 0 Å². The fourth-order valence-corrected chi connectivity index (χ4v) is 2.80. The first kappa shape index (κ1) is 23.3. The number of aliphatic carboxylic acids is 2. The van der Waals surface area contributed by atoms with Crippen LogP contribution >= 0.6 is 0 Å². The van der Waals surface area contributed by atoms with E-state index in [0.29, 0.717) is 26.2 Å². The van der Waals surface area contributed by atoms with Gasteiger partial charge < -0.3 is 29.6 Å². The van der Waals surface area contributed by atoms with Gasteiger partial charge >= 0.3 is 24.1 Å². The lowest BCUT2D eigenvalue weighted by Gasteiger charge is -2.43. The Morgan fingerprint density at radius 3 is 2.07 bits per heavy atom. The SMILES string of the molecule is CN1CCN(C(=O)N2CC(Oc3cccc(C(F)(F)F)c3)C2)CC1.O=C(O)C(=O)O. The van der Waals surface area contributed by atoms with Crippen molar-refractivity contribution in [3.63, 3.8) is 0 Å². The minimum absolute atomic E-state index is 0.0213. The number of halogens is 3. The van der Waals surface area contributed by atoms with E-state index < -0.39 is 23.7 Å². The monoisotopic (exact) mass is 433 g/mol. The summed E-state index contributed by atoms with van der Waals surface area (Å²) in [6, 6.07) is 4.80. The van der Waals surface area contributed by atoms with Gasteiger partial charge in [-0.1, -0.05) is 6.07 Å². The molecule has 2 amide bonds.